The van der Waals surface area contributed by atoms with Crippen LogP contribution in [0.1, 0.15) is 17.2 Å². The summed E-state index contributed by atoms with van der Waals surface area (Å²) in [6.07, 6.45) is -0.381. The van der Waals surface area contributed by atoms with Gasteiger partial charge in [-0.25, -0.2) is 18.0 Å². The number of fused-ring (bicyclic) bond motifs is 3. The largest absolute Gasteiger partial charge is 0.508 e. The van der Waals surface area contributed by atoms with E-state index in [1.165, 1.54) is 19.3 Å². The molecule has 0 saturated heterocycles. The highest BCUT2D eigenvalue weighted by atomic mass is 19.2. The summed E-state index contributed by atoms with van der Waals surface area (Å²) in [5.41, 5.74) is -0.452. The number of halogens is 3. The Morgan fingerprint density at radius 2 is 1.87 bits per heavy atom. The minimum absolute atomic E-state index is 0.180. The molecule has 0 fully saturated rings. The lowest BCUT2D eigenvalue weighted by Gasteiger charge is -2.24. The Morgan fingerprint density at radius 3 is 2.53 bits per heavy atom. The van der Waals surface area contributed by atoms with Crippen LogP contribution >= 0.6 is 0 Å². The van der Waals surface area contributed by atoms with Gasteiger partial charge < -0.3 is 9.47 Å². The number of methoxy groups -OCH3 is 1. The molecule has 3 aromatic carbocycles. The molecular weight excluding hydrogens is 401 g/mol. The van der Waals surface area contributed by atoms with Gasteiger partial charge in [0.15, 0.2) is 11.6 Å². The van der Waals surface area contributed by atoms with Gasteiger partial charge in [0, 0.05) is 23.3 Å². The zero-order chi connectivity index (χ0) is 21.6. The summed E-state index contributed by atoms with van der Waals surface area (Å²) in [5.74, 6) is -3.47. The topological polar surface area (TPSA) is 66.0 Å². The van der Waals surface area contributed by atoms with Gasteiger partial charge in [-0.1, -0.05) is 6.07 Å². The average molecular weight is 412 g/mol. The summed E-state index contributed by atoms with van der Waals surface area (Å²) in [7, 11) is 1.39. The number of hydrogen-bond acceptors (Lipinski definition) is 4. The molecule has 150 valence electrons. The van der Waals surface area contributed by atoms with Crippen molar-refractivity contribution in [2.75, 3.05) is 7.11 Å². The predicted octanol–water partition coefficient (Wildman–Crippen LogP) is 5.57. The van der Waals surface area contributed by atoms with Gasteiger partial charge in [-0.15, -0.1) is 0 Å². The fraction of sp³-hybridized carbons (Fsp3) is 0.0952. The minimum atomic E-state index is -1.58. The Labute approximate surface area is 167 Å². The van der Waals surface area contributed by atoms with Crippen molar-refractivity contribution in [3.05, 3.63) is 92.2 Å². The Bertz CT molecular complexity index is 1300. The van der Waals surface area contributed by atoms with Crippen molar-refractivity contribution < 1.29 is 27.6 Å². The van der Waals surface area contributed by atoms with E-state index in [1.54, 1.807) is 18.2 Å². The minimum Gasteiger partial charge on any atom is -0.508 e. The fourth-order valence-corrected chi connectivity index (χ4v) is 3.37. The Balaban J connectivity index is 1.94. The van der Waals surface area contributed by atoms with Crippen LogP contribution in [-0.2, 0) is 0 Å². The lowest BCUT2D eigenvalue weighted by molar-refractivity contribution is -0.434. The number of ether oxygens (including phenoxy) is 2. The van der Waals surface area contributed by atoms with Gasteiger partial charge in [0.2, 0.25) is 11.8 Å². The first kappa shape index (κ1) is 19.3. The average Bonchev–Trinajstić information content (AvgIpc) is 2.74. The third-order valence-corrected chi connectivity index (χ3v) is 4.78. The highest BCUT2D eigenvalue weighted by molar-refractivity contribution is 5.97. The normalized spacial score (nSPS) is 15.0. The first-order chi connectivity index (χ1) is 14.3. The quantitative estimate of drug-likeness (QED) is 0.244. The number of hydrogen-bond donors (Lipinski definition) is 0. The molecule has 1 heterocycles. The second-order valence-corrected chi connectivity index (χ2v) is 6.45. The van der Waals surface area contributed by atoms with E-state index in [2.05, 4.69) is 4.85 Å². The van der Waals surface area contributed by atoms with E-state index in [0.29, 0.717) is 28.5 Å². The molecule has 0 aromatic heterocycles. The van der Waals surface area contributed by atoms with Crippen molar-refractivity contribution in [2.24, 2.45) is 0 Å². The molecule has 1 aliphatic heterocycles. The summed E-state index contributed by atoms with van der Waals surface area (Å²) in [5, 5.41) is 12.8. The monoisotopic (exact) mass is 412 g/mol. The molecule has 0 aliphatic carbocycles. The van der Waals surface area contributed by atoms with Crippen LogP contribution < -0.4 is 9.47 Å². The third kappa shape index (κ3) is 2.99. The smallest absolute Gasteiger partial charge is 0.291 e. The van der Waals surface area contributed by atoms with Gasteiger partial charge in [0.25, 0.3) is 5.70 Å². The highest BCUT2D eigenvalue weighted by Crippen LogP contribution is 2.44. The van der Waals surface area contributed by atoms with Gasteiger partial charge in [-0.3, -0.25) is 10.1 Å². The van der Waals surface area contributed by atoms with Crippen LogP contribution in [0.5, 0.6) is 11.5 Å². The number of nitrogens with zero attached hydrogens (tertiary/aromatic N) is 2. The number of benzene rings is 3. The van der Waals surface area contributed by atoms with Gasteiger partial charge in [-0.05, 0) is 35.0 Å². The maximum Gasteiger partial charge on any atom is 0.291 e. The van der Waals surface area contributed by atoms with E-state index in [1.807, 2.05) is 0 Å². The van der Waals surface area contributed by atoms with Gasteiger partial charge in [0.1, 0.15) is 17.3 Å². The molecule has 0 spiro atoms. The SMILES string of the molecule is [C-]#[N+]c1cc2ccc3c(c2cc1OC)C=C([N+](=O)[O-])C(c1cc(F)c(F)cc1F)O3. The van der Waals surface area contributed by atoms with Crippen LogP contribution in [0.3, 0.4) is 0 Å². The summed E-state index contributed by atoms with van der Waals surface area (Å²) < 4.78 is 52.1. The molecule has 9 heteroatoms. The van der Waals surface area contributed by atoms with Crippen molar-refractivity contribution >= 4 is 22.5 Å². The van der Waals surface area contributed by atoms with Crippen LogP contribution in [0.15, 0.2) is 42.1 Å². The van der Waals surface area contributed by atoms with E-state index in [4.69, 9.17) is 16.0 Å². The molecule has 0 bridgehead atoms. The zero-order valence-electron chi connectivity index (χ0n) is 15.3. The molecule has 30 heavy (non-hydrogen) atoms. The molecule has 6 nitrogen and oxygen atoms in total. The lowest BCUT2D eigenvalue weighted by Crippen LogP contribution is -2.21. The molecule has 0 N–H and O–H groups in total. The van der Waals surface area contributed by atoms with Crippen LogP contribution in [0.4, 0.5) is 18.9 Å². The second-order valence-electron chi connectivity index (χ2n) is 6.45. The number of rotatable bonds is 3. The first-order valence-corrected chi connectivity index (χ1v) is 8.53. The fourth-order valence-electron chi connectivity index (χ4n) is 3.37. The van der Waals surface area contributed by atoms with Crippen molar-refractivity contribution in [3.8, 4) is 11.5 Å². The zero-order valence-corrected chi connectivity index (χ0v) is 15.3. The highest BCUT2D eigenvalue weighted by Gasteiger charge is 2.36. The maximum atomic E-state index is 14.3. The van der Waals surface area contributed by atoms with Gasteiger partial charge in [-0.2, -0.15) is 0 Å². The van der Waals surface area contributed by atoms with Crippen LogP contribution in [0.25, 0.3) is 21.7 Å². The molecule has 1 aliphatic rings. The van der Waals surface area contributed by atoms with Crippen LogP contribution in [-0.4, -0.2) is 12.0 Å². The maximum absolute atomic E-state index is 14.3. The predicted molar refractivity (Wildman–Crippen MR) is 101 cm³/mol. The van der Waals surface area contributed by atoms with Crippen molar-refractivity contribution in [2.45, 2.75) is 6.10 Å². The Morgan fingerprint density at radius 1 is 1.13 bits per heavy atom. The molecular formula is C21H11F3N2O4. The third-order valence-electron chi connectivity index (χ3n) is 4.78. The molecule has 3 aromatic rings. The summed E-state index contributed by atoms with van der Waals surface area (Å²) in [4.78, 5) is 14.3. The molecule has 1 unspecified atom stereocenters. The first-order valence-electron chi connectivity index (χ1n) is 8.53. The van der Waals surface area contributed by atoms with E-state index in [-0.39, 0.29) is 17.2 Å². The van der Waals surface area contributed by atoms with Gasteiger partial charge >= 0.3 is 0 Å². The van der Waals surface area contributed by atoms with Crippen molar-refractivity contribution in [1.29, 1.82) is 0 Å². The van der Waals surface area contributed by atoms with E-state index in [0.717, 1.165) is 0 Å². The molecule has 4 rings (SSSR count). The van der Waals surface area contributed by atoms with Crippen molar-refractivity contribution in [3.63, 3.8) is 0 Å². The standard InChI is InChI=1S/C21H11F3N2O4/c1-25-17-5-10-3-4-19-12(11(10)8-20(17)29-2)7-18(26(27)28)21(30-19)13-6-15(23)16(24)9-14(13)22/h3-9,21H,2H3. The Kier molecular flexibility index (Phi) is 4.54. The Hall–Kier alpha value is -4.06. The molecule has 0 amide bonds. The molecule has 0 saturated carbocycles. The van der Waals surface area contributed by atoms with Crippen LogP contribution in [0.2, 0.25) is 0 Å². The molecule has 0 radical (unpaired) electrons. The lowest BCUT2D eigenvalue weighted by atomic mass is 9.96. The van der Waals surface area contributed by atoms with E-state index >= 15 is 0 Å². The van der Waals surface area contributed by atoms with E-state index in [9.17, 15) is 23.3 Å². The number of nitro groups is 1. The molecule has 1 atom stereocenters. The van der Waals surface area contributed by atoms with Crippen LogP contribution in [0, 0.1) is 34.1 Å². The van der Waals surface area contributed by atoms with Crippen molar-refractivity contribution in [1.82, 2.24) is 0 Å². The summed E-state index contributed by atoms with van der Waals surface area (Å²) in [6, 6.07) is 7.13. The van der Waals surface area contributed by atoms with E-state index < -0.39 is 39.7 Å². The second kappa shape index (κ2) is 7.08. The summed E-state index contributed by atoms with van der Waals surface area (Å²) >= 11 is 0. The van der Waals surface area contributed by atoms with Gasteiger partial charge in [0.05, 0.1) is 18.6 Å². The summed E-state index contributed by atoms with van der Waals surface area (Å²) in [6.45, 7) is 7.24.